The third kappa shape index (κ3) is 6.37. The highest BCUT2D eigenvalue weighted by Gasteiger charge is 2.43. The molecule has 0 saturated carbocycles. The molecular formula is C52H50N4O6. The number of ether oxygens (including phenoxy) is 1. The summed E-state index contributed by atoms with van der Waals surface area (Å²) in [5.74, 6) is -3.04. The number of fused-ring (bicyclic) bond motifs is 1. The number of nitrogens with zero attached hydrogens (tertiary/aromatic N) is 3. The Morgan fingerprint density at radius 3 is 2.03 bits per heavy atom. The van der Waals surface area contributed by atoms with E-state index >= 15 is 0 Å². The SMILES string of the molecule is CCCCC(CC)COc1cc(C2=CCC=C2)ccc1N1C(=O)c2ccc3c4c(ccc(c24)C1=O)C(=O)C(c1nc2ccc(-n4c(C)c(CC)c(CC)c4C)cc2c(=O)[nH]1)C3=O. The Balaban J connectivity index is 1.08. The van der Waals surface area contributed by atoms with Crippen LogP contribution in [0.15, 0.2) is 83.7 Å². The number of allylic oxidation sites excluding steroid dienone is 4. The summed E-state index contributed by atoms with van der Waals surface area (Å²) in [5, 5.41) is 0.852. The molecule has 2 aliphatic carbocycles. The second-order valence-electron chi connectivity index (χ2n) is 16.7. The number of Topliss-reactive ketones (excluding diaryl/α,β-unsaturated/α-hetero) is 2. The van der Waals surface area contributed by atoms with Gasteiger partial charge in [0.05, 0.1) is 23.2 Å². The molecule has 0 saturated heterocycles. The Bertz CT molecular complexity index is 2940. The minimum atomic E-state index is -1.43. The predicted molar refractivity (Wildman–Crippen MR) is 243 cm³/mol. The number of rotatable bonds is 13. The molecule has 2 aromatic heterocycles. The lowest BCUT2D eigenvalue weighted by atomic mass is 9.76. The minimum absolute atomic E-state index is 0.0580. The van der Waals surface area contributed by atoms with Crippen molar-refractivity contribution in [2.24, 2.45) is 5.92 Å². The number of H-pyrrole nitrogens is 1. The van der Waals surface area contributed by atoms with E-state index in [0.717, 1.165) is 78.1 Å². The van der Waals surface area contributed by atoms with Gasteiger partial charge in [0.15, 0.2) is 11.6 Å². The van der Waals surface area contributed by atoms with Crippen LogP contribution in [0.2, 0.25) is 0 Å². The van der Waals surface area contributed by atoms with Crippen LogP contribution in [0.1, 0.15) is 141 Å². The highest BCUT2D eigenvalue weighted by molar-refractivity contribution is 6.40. The number of aromatic amines is 1. The third-order valence-electron chi connectivity index (χ3n) is 13.3. The number of hydrogen-bond donors (Lipinski definition) is 1. The van der Waals surface area contributed by atoms with Crippen molar-refractivity contribution in [3.05, 3.63) is 145 Å². The predicted octanol–water partition coefficient (Wildman–Crippen LogP) is 10.5. The number of imide groups is 1. The maximum absolute atomic E-state index is 14.6. The number of unbranched alkanes of at least 4 members (excludes halogenated alkanes) is 1. The van der Waals surface area contributed by atoms with Crippen LogP contribution in [0.3, 0.4) is 0 Å². The Morgan fingerprint density at radius 1 is 0.790 bits per heavy atom. The van der Waals surface area contributed by atoms with Crippen LogP contribution in [0.25, 0.3) is 32.9 Å². The topological polar surface area (TPSA) is 131 Å². The van der Waals surface area contributed by atoms with Gasteiger partial charge in [-0.2, -0.15) is 0 Å². The molecule has 3 aliphatic rings. The van der Waals surface area contributed by atoms with Crippen molar-refractivity contribution in [1.82, 2.24) is 14.5 Å². The first kappa shape index (κ1) is 40.7. The van der Waals surface area contributed by atoms with Gasteiger partial charge < -0.3 is 14.3 Å². The standard InChI is InChI=1S/C52H50N4O6/c1-7-11-14-30(8-2)27-62-43-25-32(31-15-12-13-16-31)17-24-42(43)56-51(60)38-21-19-36-44-37(20-22-39(45(38)44)52(56)61)48(58)46(47(36)57)49-53-41-23-18-33(26-40(41)50(59)54-49)55-28(5)34(9-3)35(10-4)29(55)6/h12,15-26,30,46H,7-11,13-14,27H2,1-6H3,(H,53,54,59). The number of hydrogen-bond acceptors (Lipinski definition) is 7. The molecule has 0 bridgehead atoms. The number of anilines is 1. The monoisotopic (exact) mass is 826 g/mol. The summed E-state index contributed by atoms with van der Waals surface area (Å²) in [5.41, 5.74) is 8.60. The smallest absolute Gasteiger partial charge is 0.266 e. The van der Waals surface area contributed by atoms with Crippen molar-refractivity contribution >= 4 is 56.3 Å². The quantitative estimate of drug-likeness (QED) is 0.0906. The maximum atomic E-state index is 14.6. The zero-order valence-corrected chi connectivity index (χ0v) is 36.1. The van der Waals surface area contributed by atoms with E-state index in [2.05, 4.69) is 63.2 Å². The first-order chi connectivity index (χ1) is 30.0. The molecule has 9 rings (SSSR count). The number of nitrogens with one attached hydrogen (secondary N) is 1. The van der Waals surface area contributed by atoms with E-state index in [0.29, 0.717) is 34.9 Å². The van der Waals surface area contributed by atoms with Crippen LogP contribution in [0.4, 0.5) is 5.69 Å². The molecule has 1 unspecified atom stereocenters. The van der Waals surface area contributed by atoms with Crippen LogP contribution in [0, 0.1) is 19.8 Å². The van der Waals surface area contributed by atoms with Crippen LogP contribution in [-0.4, -0.2) is 44.5 Å². The number of carbonyl (C=O) groups is 4. The summed E-state index contributed by atoms with van der Waals surface area (Å²) in [6, 6.07) is 17.2. The third-order valence-corrected chi connectivity index (χ3v) is 13.3. The van der Waals surface area contributed by atoms with E-state index in [1.165, 1.54) is 11.1 Å². The molecule has 1 atom stereocenters. The van der Waals surface area contributed by atoms with E-state index < -0.39 is 34.9 Å². The molecule has 3 heterocycles. The molecular weight excluding hydrogens is 777 g/mol. The summed E-state index contributed by atoms with van der Waals surface area (Å²) in [6.45, 7) is 13.2. The van der Waals surface area contributed by atoms with Crippen molar-refractivity contribution < 1.29 is 23.9 Å². The van der Waals surface area contributed by atoms with Gasteiger partial charge in [-0.05, 0) is 122 Å². The highest BCUT2D eigenvalue weighted by Crippen LogP contribution is 2.44. The van der Waals surface area contributed by atoms with Gasteiger partial charge >= 0.3 is 0 Å². The van der Waals surface area contributed by atoms with Gasteiger partial charge in [-0.3, -0.25) is 24.0 Å². The summed E-state index contributed by atoms with van der Waals surface area (Å²) < 4.78 is 8.67. The van der Waals surface area contributed by atoms with Gasteiger partial charge in [0.25, 0.3) is 17.4 Å². The molecule has 314 valence electrons. The van der Waals surface area contributed by atoms with Crippen LogP contribution in [0.5, 0.6) is 5.75 Å². The summed E-state index contributed by atoms with van der Waals surface area (Å²) in [6.07, 6.45) is 13.0. The first-order valence-electron chi connectivity index (χ1n) is 22.0. The highest BCUT2D eigenvalue weighted by atomic mass is 16.5. The fraction of sp³-hybridized carbons (Fsp3) is 0.308. The zero-order chi connectivity index (χ0) is 43.6. The van der Waals surface area contributed by atoms with Crippen LogP contribution in [-0.2, 0) is 12.8 Å². The molecule has 2 amide bonds. The molecule has 6 aromatic rings. The molecule has 10 heteroatoms. The van der Waals surface area contributed by atoms with Gasteiger partial charge in [0, 0.05) is 50.1 Å². The number of carbonyl (C=O) groups excluding carboxylic acids is 4. The first-order valence-corrected chi connectivity index (χ1v) is 22.0. The zero-order valence-electron chi connectivity index (χ0n) is 36.1. The van der Waals surface area contributed by atoms with E-state index in [1.807, 2.05) is 24.3 Å². The normalized spacial score (nSPS) is 15.4. The molecule has 1 aliphatic heterocycles. The van der Waals surface area contributed by atoms with E-state index in [-0.39, 0.29) is 38.9 Å². The van der Waals surface area contributed by atoms with Crippen molar-refractivity contribution in [1.29, 1.82) is 0 Å². The summed E-state index contributed by atoms with van der Waals surface area (Å²) in [7, 11) is 0. The molecule has 62 heavy (non-hydrogen) atoms. The number of amides is 2. The van der Waals surface area contributed by atoms with Crippen molar-refractivity contribution in [2.75, 3.05) is 11.5 Å². The van der Waals surface area contributed by atoms with Crippen molar-refractivity contribution in [3.63, 3.8) is 0 Å². The van der Waals surface area contributed by atoms with Gasteiger partial charge in [0.1, 0.15) is 17.5 Å². The lowest BCUT2D eigenvalue weighted by molar-refractivity contribution is 0.0842. The Labute approximate surface area is 360 Å². The van der Waals surface area contributed by atoms with Gasteiger partial charge in [-0.1, -0.05) is 71.3 Å². The molecule has 0 spiro atoms. The summed E-state index contributed by atoms with van der Waals surface area (Å²) in [4.78, 5) is 80.5. The second kappa shape index (κ2) is 16.0. The number of aromatic nitrogens is 3. The van der Waals surface area contributed by atoms with Gasteiger partial charge in [-0.25, -0.2) is 9.88 Å². The second-order valence-corrected chi connectivity index (χ2v) is 16.7. The van der Waals surface area contributed by atoms with Crippen molar-refractivity contribution in [3.8, 4) is 11.4 Å². The fourth-order valence-corrected chi connectivity index (χ4v) is 9.97. The van der Waals surface area contributed by atoms with Gasteiger partial charge in [0.2, 0.25) is 0 Å². The van der Waals surface area contributed by atoms with E-state index in [4.69, 9.17) is 9.72 Å². The lowest BCUT2D eigenvalue weighted by Gasteiger charge is -2.31. The minimum Gasteiger partial charge on any atom is -0.491 e. The summed E-state index contributed by atoms with van der Waals surface area (Å²) >= 11 is 0. The van der Waals surface area contributed by atoms with Crippen LogP contribution < -0.4 is 15.2 Å². The Hall–Kier alpha value is -6.68. The molecule has 10 nitrogen and oxygen atoms in total. The Kier molecular flexibility index (Phi) is 10.5. The lowest BCUT2D eigenvalue weighted by Crippen LogP contribution is -2.41. The molecule has 0 radical (unpaired) electrons. The van der Waals surface area contributed by atoms with E-state index in [9.17, 15) is 24.0 Å². The average molecular weight is 827 g/mol. The Morgan fingerprint density at radius 2 is 1.44 bits per heavy atom. The van der Waals surface area contributed by atoms with Gasteiger partial charge in [-0.15, -0.1) is 0 Å². The number of benzene rings is 4. The van der Waals surface area contributed by atoms with Crippen LogP contribution >= 0.6 is 0 Å². The molecule has 4 aromatic carbocycles. The maximum Gasteiger partial charge on any atom is 0.266 e. The average Bonchev–Trinajstić information content (AvgIpc) is 3.90. The number of ketones is 2. The van der Waals surface area contributed by atoms with Crippen molar-refractivity contribution in [2.45, 2.75) is 92.4 Å². The molecule has 1 N–H and O–H groups in total. The fourth-order valence-electron chi connectivity index (χ4n) is 9.97. The largest absolute Gasteiger partial charge is 0.491 e. The molecule has 0 fully saturated rings. The van der Waals surface area contributed by atoms with E-state index in [1.54, 1.807) is 42.5 Å².